The smallest absolute Gasteiger partial charge is 0.285 e. The molecule has 0 atom stereocenters. The lowest BCUT2D eigenvalue weighted by Crippen LogP contribution is -2.39. The number of hydrogen-bond donors (Lipinski definition) is 4. The summed E-state index contributed by atoms with van der Waals surface area (Å²) in [6.45, 7) is 2.49. The minimum Gasteiger partial charge on any atom is -0.507 e. The third kappa shape index (κ3) is 11.2. The summed E-state index contributed by atoms with van der Waals surface area (Å²) in [5.74, 6) is -2.98. The Balaban J connectivity index is 0.000000213. The number of carbonyl (C=O) groups is 2. The van der Waals surface area contributed by atoms with Gasteiger partial charge in [-0.2, -0.15) is 5.10 Å². The molecule has 7 aromatic rings. The number of nitrogens with zero attached hydrogens (tertiary/aromatic N) is 5. The Hall–Kier alpha value is -7.77. The summed E-state index contributed by atoms with van der Waals surface area (Å²) in [5, 5.41) is 31.6. The summed E-state index contributed by atoms with van der Waals surface area (Å²) in [7, 11) is -8.35. The Kier molecular flexibility index (Phi) is 14.3. The molecule has 0 aliphatic rings. The maximum atomic E-state index is 13.3. The van der Waals surface area contributed by atoms with Crippen LogP contribution in [-0.4, -0.2) is 63.2 Å². The number of aromatic nitrogens is 1. The minimum absolute atomic E-state index is 0.0133. The van der Waals surface area contributed by atoms with Crippen LogP contribution in [0.2, 0.25) is 0 Å². The normalized spacial score (nSPS) is 11.6. The van der Waals surface area contributed by atoms with Gasteiger partial charge >= 0.3 is 0 Å². The van der Waals surface area contributed by atoms with E-state index in [2.05, 4.69) is 25.7 Å². The van der Waals surface area contributed by atoms with Crippen molar-refractivity contribution in [2.45, 2.75) is 23.6 Å². The molecule has 19 heteroatoms. The number of hydrogen-bond acceptors (Lipinski definition) is 10. The molecule has 0 aliphatic heterocycles. The number of anilines is 2. The standard InChI is InChI=1S/C23H19FN4O4S.C22H20FN3O4S/c1-15-6-10-17(11-7-15)28(33(31,32)18-12-8-16(24)9-13-18)14-21(29)26-27-22-19-4-2-3-5-20(19)25-23(22)30;1-16-6-10-19(11-7-16)26(31(29,30)20-12-8-18(23)9-13-20)15-22(28)25-24-14-17-4-2-3-5-21(17)27/h2-13,25,30H,14H2,1H3;2-14,27H,15H2,1H3,(H,25,28). The summed E-state index contributed by atoms with van der Waals surface area (Å²) in [4.78, 5) is 27.5. The van der Waals surface area contributed by atoms with Crippen molar-refractivity contribution in [2.24, 2.45) is 15.3 Å². The summed E-state index contributed by atoms with van der Waals surface area (Å²) in [6, 6.07) is 35.1. The van der Waals surface area contributed by atoms with E-state index in [-0.39, 0.29) is 38.5 Å². The summed E-state index contributed by atoms with van der Waals surface area (Å²) in [5.41, 5.74) is 5.65. The Morgan fingerprint density at radius 1 is 0.656 bits per heavy atom. The molecule has 6 aromatic carbocycles. The van der Waals surface area contributed by atoms with Crippen LogP contribution < -0.4 is 14.0 Å². The second kappa shape index (κ2) is 20.0. The zero-order valence-electron chi connectivity index (χ0n) is 34.0. The molecule has 0 saturated heterocycles. The van der Waals surface area contributed by atoms with Crippen LogP contribution in [-0.2, 0) is 29.6 Å². The van der Waals surface area contributed by atoms with Gasteiger partial charge in [-0.05, 0) is 105 Å². The maximum Gasteiger partial charge on any atom is 0.285 e. The van der Waals surface area contributed by atoms with E-state index < -0.39 is 56.6 Å². The number of amides is 2. The highest BCUT2D eigenvalue weighted by Gasteiger charge is 2.29. The number of halogens is 2. The Morgan fingerprint density at radius 2 is 1.14 bits per heavy atom. The molecule has 0 aliphatic carbocycles. The van der Waals surface area contributed by atoms with Crippen molar-refractivity contribution in [3.63, 3.8) is 0 Å². The number of hydrazone groups is 1. The number of carbonyl (C=O) groups excluding carboxylic acids is 2. The number of fused-ring (bicyclic) bond motifs is 1. The average Bonchev–Trinajstić information content (AvgIpc) is 3.60. The third-order valence-corrected chi connectivity index (χ3v) is 12.8. The number of azo groups is 1. The Bertz CT molecular complexity index is 3060. The fourth-order valence-corrected chi connectivity index (χ4v) is 8.77. The molecule has 2 amide bonds. The predicted octanol–water partition coefficient (Wildman–Crippen LogP) is 8.01. The lowest BCUT2D eigenvalue weighted by atomic mass is 10.2. The average molecular weight is 908 g/mol. The fraction of sp³-hybridized carbons (Fsp3) is 0.0889. The van der Waals surface area contributed by atoms with Gasteiger partial charge in [-0.1, -0.05) is 65.7 Å². The van der Waals surface area contributed by atoms with Crippen LogP contribution in [0, 0.1) is 25.5 Å². The first-order valence-electron chi connectivity index (χ1n) is 19.1. The first-order valence-corrected chi connectivity index (χ1v) is 21.9. The topological polar surface area (TPSA) is 214 Å². The number of nitrogens with one attached hydrogen (secondary N) is 2. The molecule has 0 fully saturated rings. The molecule has 0 saturated carbocycles. The predicted molar refractivity (Wildman–Crippen MR) is 238 cm³/mol. The van der Waals surface area contributed by atoms with E-state index in [9.17, 15) is 45.4 Å². The van der Waals surface area contributed by atoms with Gasteiger partial charge in [0.1, 0.15) is 30.5 Å². The zero-order chi connectivity index (χ0) is 46.0. The van der Waals surface area contributed by atoms with Crippen molar-refractivity contribution in [3.05, 3.63) is 174 Å². The highest BCUT2D eigenvalue weighted by molar-refractivity contribution is 7.93. The van der Waals surface area contributed by atoms with Gasteiger partial charge in [0.15, 0.2) is 5.69 Å². The number of rotatable bonds is 13. The Labute approximate surface area is 366 Å². The van der Waals surface area contributed by atoms with E-state index in [4.69, 9.17) is 0 Å². The second-order valence-electron chi connectivity index (χ2n) is 13.9. The number of sulfonamides is 2. The highest BCUT2D eigenvalue weighted by Crippen LogP contribution is 2.35. The maximum absolute atomic E-state index is 13.3. The quantitative estimate of drug-likeness (QED) is 0.0504. The van der Waals surface area contributed by atoms with E-state index >= 15 is 0 Å². The number of aromatic amines is 1. The van der Waals surface area contributed by atoms with Crippen molar-refractivity contribution >= 4 is 66.0 Å². The number of phenols is 1. The van der Waals surface area contributed by atoms with E-state index in [1.807, 2.05) is 13.8 Å². The van der Waals surface area contributed by atoms with Gasteiger partial charge in [0, 0.05) is 10.9 Å². The summed E-state index contributed by atoms with van der Waals surface area (Å²) < 4.78 is 81.2. The second-order valence-corrected chi connectivity index (χ2v) is 17.6. The SMILES string of the molecule is Cc1ccc(N(CC(=O)N=Nc2c(O)[nH]c3ccccc23)S(=O)(=O)c2ccc(F)cc2)cc1.Cc1ccc(N(CC(=O)NN=Cc2ccccc2O)S(=O)(=O)c2ccc(F)cc2)cc1. The van der Waals surface area contributed by atoms with Crippen LogP contribution in [0.25, 0.3) is 10.9 Å². The summed E-state index contributed by atoms with van der Waals surface area (Å²) >= 11 is 0. The first-order chi connectivity index (χ1) is 30.5. The lowest BCUT2D eigenvalue weighted by Gasteiger charge is -2.23. The molecule has 0 spiro atoms. The lowest BCUT2D eigenvalue weighted by molar-refractivity contribution is -0.119. The van der Waals surface area contributed by atoms with Gasteiger partial charge in [0.2, 0.25) is 5.88 Å². The van der Waals surface area contributed by atoms with Crippen molar-refractivity contribution < 1.29 is 45.4 Å². The largest absolute Gasteiger partial charge is 0.507 e. The molecule has 1 aromatic heterocycles. The van der Waals surface area contributed by atoms with Gasteiger partial charge in [0.05, 0.1) is 32.9 Å². The van der Waals surface area contributed by atoms with E-state index in [1.54, 1.807) is 91.0 Å². The number of benzene rings is 6. The highest BCUT2D eigenvalue weighted by atomic mass is 32.2. The number of aryl methyl sites for hydroxylation is 2. The van der Waals surface area contributed by atoms with E-state index in [0.29, 0.717) is 16.5 Å². The number of para-hydroxylation sites is 2. The van der Waals surface area contributed by atoms with Crippen LogP contribution in [0.4, 0.5) is 25.8 Å². The van der Waals surface area contributed by atoms with Crippen LogP contribution in [0.5, 0.6) is 11.6 Å². The molecule has 328 valence electrons. The van der Waals surface area contributed by atoms with Crippen LogP contribution in [0.1, 0.15) is 16.7 Å². The van der Waals surface area contributed by atoms with Crippen LogP contribution >= 0.6 is 0 Å². The molecule has 0 radical (unpaired) electrons. The summed E-state index contributed by atoms with van der Waals surface area (Å²) in [6.07, 6.45) is 1.25. The zero-order valence-corrected chi connectivity index (χ0v) is 35.6. The van der Waals surface area contributed by atoms with Gasteiger partial charge < -0.3 is 15.2 Å². The molecule has 64 heavy (non-hydrogen) atoms. The fourth-order valence-electron chi connectivity index (χ4n) is 5.93. The number of aromatic hydroxyl groups is 2. The van der Waals surface area contributed by atoms with Crippen LogP contribution in [0.15, 0.2) is 171 Å². The molecule has 0 bridgehead atoms. The number of phenolic OH excluding ortho intramolecular Hbond substituents is 1. The van der Waals surface area contributed by atoms with Gasteiger partial charge in [0.25, 0.3) is 31.9 Å². The molecular formula is C45H39F2N7O8S2. The van der Waals surface area contributed by atoms with Gasteiger partial charge in [-0.25, -0.2) is 31.0 Å². The van der Waals surface area contributed by atoms with Gasteiger partial charge in [-0.15, -0.1) is 10.2 Å². The Morgan fingerprint density at radius 3 is 1.67 bits per heavy atom. The van der Waals surface area contributed by atoms with Crippen molar-refractivity contribution in [1.82, 2.24) is 10.4 Å². The first kappa shape index (κ1) is 45.7. The monoisotopic (exact) mass is 907 g/mol. The molecule has 1 heterocycles. The molecule has 0 unspecified atom stereocenters. The van der Waals surface area contributed by atoms with Crippen LogP contribution in [0.3, 0.4) is 0 Å². The third-order valence-electron chi connectivity index (χ3n) is 9.26. The van der Waals surface area contributed by atoms with E-state index in [1.165, 1.54) is 12.3 Å². The molecular weight excluding hydrogens is 869 g/mol. The van der Waals surface area contributed by atoms with Gasteiger partial charge in [-0.3, -0.25) is 18.2 Å². The van der Waals surface area contributed by atoms with Crippen molar-refractivity contribution in [1.29, 1.82) is 0 Å². The van der Waals surface area contributed by atoms with E-state index in [0.717, 1.165) is 68.3 Å². The molecule has 7 rings (SSSR count). The molecule has 4 N–H and O–H groups in total. The molecule has 15 nitrogen and oxygen atoms in total. The van der Waals surface area contributed by atoms with Crippen molar-refractivity contribution in [2.75, 3.05) is 21.7 Å². The van der Waals surface area contributed by atoms with Crippen molar-refractivity contribution in [3.8, 4) is 11.6 Å². The number of H-pyrrole nitrogens is 1. The minimum atomic E-state index is -4.21.